The van der Waals surface area contributed by atoms with E-state index in [2.05, 4.69) is 4.98 Å². The summed E-state index contributed by atoms with van der Waals surface area (Å²) >= 11 is 1.35. The minimum Gasteiger partial charge on any atom is -0.458 e. The Balaban J connectivity index is 2.70. The maximum Gasteiger partial charge on any atom is 0.336 e. The van der Waals surface area contributed by atoms with Gasteiger partial charge in [0, 0.05) is 6.20 Å². The molecule has 0 bridgehead atoms. The van der Waals surface area contributed by atoms with Crippen LogP contribution in [0.3, 0.4) is 0 Å². The first kappa shape index (κ1) is 13.6. The lowest BCUT2D eigenvalue weighted by Gasteiger charge is -2.27. The summed E-state index contributed by atoms with van der Waals surface area (Å²) in [5.41, 5.74) is 10.7. The Hall–Kier alpha value is -1.47. The lowest BCUT2D eigenvalue weighted by Crippen LogP contribution is -2.62. The smallest absolute Gasteiger partial charge is 0.336 e. The molecule has 0 aliphatic rings. The number of esters is 1. The predicted molar refractivity (Wildman–Crippen MR) is 62.9 cm³/mol. The van der Waals surface area contributed by atoms with E-state index in [1.54, 1.807) is 25.6 Å². The summed E-state index contributed by atoms with van der Waals surface area (Å²) in [6, 6.07) is 0. The van der Waals surface area contributed by atoms with Crippen LogP contribution in [0.4, 0.5) is 0 Å². The highest BCUT2D eigenvalue weighted by molar-refractivity contribution is 7.09. The Morgan fingerprint density at radius 3 is 2.65 bits per heavy atom. The SMILES string of the molecule is CC(C)[C@](N)(C(N)=O)C(=O)OCc1cncs1. The van der Waals surface area contributed by atoms with Gasteiger partial charge in [0.05, 0.1) is 10.4 Å². The topological polar surface area (TPSA) is 108 Å². The first-order chi connectivity index (χ1) is 7.89. The van der Waals surface area contributed by atoms with Crippen LogP contribution >= 0.6 is 11.3 Å². The van der Waals surface area contributed by atoms with Crippen LogP contribution in [0.25, 0.3) is 0 Å². The highest BCUT2D eigenvalue weighted by atomic mass is 32.1. The monoisotopic (exact) mass is 257 g/mol. The molecule has 0 fully saturated rings. The molecule has 1 rings (SSSR count). The number of carbonyl (C=O) groups is 2. The van der Waals surface area contributed by atoms with Crippen LogP contribution in [0.5, 0.6) is 0 Å². The number of ether oxygens (including phenoxy) is 1. The van der Waals surface area contributed by atoms with Gasteiger partial charge in [-0.3, -0.25) is 9.78 Å². The van der Waals surface area contributed by atoms with E-state index in [0.717, 1.165) is 4.88 Å². The van der Waals surface area contributed by atoms with Gasteiger partial charge in [-0.1, -0.05) is 13.8 Å². The van der Waals surface area contributed by atoms with Crippen LogP contribution in [-0.2, 0) is 20.9 Å². The molecular formula is C10H15N3O3S. The third-order valence-corrected chi connectivity index (χ3v) is 3.24. The zero-order valence-electron chi connectivity index (χ0n) is 9.67. The molecule has 4 N–H and O–H groups in total. The molecule has 1 atom stereocenters. The number of hydrogen-bond donors (Lipinski definition) is 2. The van der Waals surface area contributed by atoms with E-state index in [4.69, 9.17) is 16.2 Å². The average molecular weight is 257 g/mol. The Kier molecular flexibility index (Phi) is 4.19. The van der Waals surface area contributed by atoms with E-state index in [9.17, 15) is 9.59 Å². The molecular weight excluding hydrogens is 242 g/mol. The summed E-state index contributed by atoms with van der Waals surface area (Å²) in [6.07, 6.45) is 1.58. The van der Waals surface area contributed by atoms with Crippen molar-refractivity contribution in [3.8, 4) is 0 Å². The molecule has 1 heterocycles. The number of thiazole rings is 1. The summed E-state index contributed by atoms with van der Waals surface area (Å²) in [6.45, 7) is 3.32. The predicted octanol–water partition coefficient (Wildman–Crippen LogP) is 0.0251. The maximum absolute atomic E-state index is 11.8. The summed E-state index contributed by atoms with van der Waals surface area (Å²) in [7, 11) is 0. The molecule has 0 radical (unpaired) electrons. The molecule has 1 aromatic rings. The van der Waals surface area contributed by atoms with Gasteiger partial charge in [0.15, 0.2) is 5.54 Å². The Morgan fingerprint density at radius 1 is 1.59 bits per heavy atom. The van der Waals surface area contributed by atoms with Crippen LogP contribution < -0.4 is 11.5 Å². The standard InChI is InChI=1S/C10H15N3O3S/c1-6(2)10(12,8(11)14)9(15)16-4-7-3-13-5-17-7/h3,5-6H,4,12H2,1-2H3,(H2,11,14)/t10-/m0/s1. The Morgan fingerprint density at radius 2 is 2.24 bits per heavy atom. The van der Waals surface area contributed by atoms with E-state index < -0.39 is 23.3 Å². The summed E-state index contributed by atoms with van der Waals surface area (Å²) in [5, 5.41) is 0. The zero-order chi connectivity index (χ0) is 13.1. The van der Waals surface area contributed by atoms with Gasteiger partial charge in [-0.15, -0.1) is 11.3 Å². The third-order valence-electron chi connectivity index (χ3n) is 2.49. The second-order valence-corrected chi connectivity index (χ2v) is 4.90. The van der Waals surface area contributed by atoms with Crippen molar-refractivity contribution >= 4 is 23.2 Å². The molecule has 0 unspecified atom stereocenters. The van der Waals surface area contributed by atoms with Gasteiger partial charge in [-0.05, 0) is 5.92 Å². The Labute approximate surface area is 103 Å². The second-order valence-electron chi connectivity index (χ2n) is 3.93. The zero-order valence-corrected chi connectivity index (χ0v) is 10.5. The van der Waals surface area contributed by atoms with Crippen molar-refractivity contribution in [1.82, 2.24) is 4.98 Å². The number of rotatable bonds is 5. The molecule has 0 aliphatic heterocycles. The highest BCUT2D eigenvalue weighted by Crippen LogP contribution is 2.17. The number of aromatic nitrogens is 1. The summed E-state index contributed by atoms with van der Waals surface area (Å²) in [5.74, 6) is -2.14. The molecule has 0 aromatic carbocycles. The molecule has 0 saturated carbocycles. The molecule has 1 amide bonds. The fourth-order valence-electron chi connectivity index (χ4n) is 1.19. The van der Waals surface area contributed by atoms with Crippen LogP contribution in [0.15, 0.2) is 11.7 Å². The molecule has 6 nitrogen and oxygen atoms in total. The summed E-state index contributed by atoms with van der Waals surface area (Å²) in [4.78, 5) is 27.6. The van der Waals surface area contributed by atoms with E-state index in [0.29, 0.717) is 0 Å². The molecule has 0 saturated heterocycles. The normalized spacial score (nSPS) is 14.4. The Bertz CT molecular complexity index is 405. The highest BCUT2D eigenvalue weighted by Gasteiger charge is 2.45. The van der Waals surface area contributed by atoms with Gasteiger partial charge in [0.25, 0.3) is 0 Å². The number of nitrogens with zero attached hydrogens (tertiary/aromatic N) is 1. The number of carbonyl (C=O) groups excluding carboxylic acids is 2. The van der Waals surface area contributed by atoms with Gasteiger partial charge in [0.2, 0.25) is 5.91 Å². The van der Waals surface area contributed by atoms with Crippen molar-refractivity contribution < 1.29 is 14.3 Å². The van der Waals surface area contributed by atoms with Crippen molar-refractivity contribution in [2.24, 2.45) is 17.4 Å². The first-order valence-corrected chi connectivity index (χ1v) is 5.90. The minimum atomic E-state index is -1.79. The van der Waals surface area contributed by atoms with Gasteiger partial charge in [-0.2, -0.15) is 0 Å². The largest absolute Gasteiger partial charge is 0.458 e. The van der Waals surface area contributed by atoms with Crippen LogP contribution in [-0.4, -0.2) is 22.4 Å². The van der Waals surface area contributed by atoms with Crippen LogP contribution in [0, 0.1) is 5.92 Å². The fourth-order valence-corrected chi connectivity index (χ4v) is 1.70. The average Bonchev–Trinajstić information content (AvgIpc) is 2.76. The lowest BCUT2D eigenvalue weighted by molar-refractivity contribution is -0.157. The van der Waals surface area contributed by atoms with Crippen molar-refractivity contribution in [3.05, 3.63) is 16.6 Å². The fraction of sp³-hybridized carbons (Fsp3) is 0.500. The number of primary amides is 1. The summed E-state index contributed by atoms with van der Waals surface area (Å²) < 4.78 is 4.98. The number of amides is 1. The maximum atomic E-state index is 11.8. The van der Waals surface area contributed by atoms with E-state index in [1.807, 2.05) is 0 Å². The second kappa shape index (κ2) is 5.24. The minimum absolute atomic E-state index is 0.0441. The molecule has 7 heteroatoms. The molecule has 0 aliphatic carbocycles. The molecule has 1 aromatic heterocycles. The van der Waals surface area contributed by atoms with Gasteiger partial charge >= 0.3 is 5.97 Å². The van der Waals surface area contributed by atoms with Gasteiger partial charge < -0.3 is 16.2 Å². The molecule has 0 spiro atoms. The molecule has 17 heavy (non-hydrogen) atoms. The van der Waals surface area contributed by atoms with E-state index >= 15 is 0 Å². The van der Waals surface area contributed by atoms with Gasteiger partial charge in [-0.25, -0.2) is 4.79 Å². The quantitative estimate of drug-likeness (QED) is 0.571. The van der Waals surface area contributed by atoms with Crippen LogP contribution in [0.2, 0.25) is 0 Å². The van der Waals surface area contributed by atoms with E-state index in [1.165, 1.54) is 11.3 Å². The third kappa shape index (κ3) is 2.80. The number of hydrogen-bond acceptors (Lipinski definition) is 6. The van der Waals surface area contributed by atoms with Crippen LogP contribution in [0.1, 0.15) is 18.7 Å². The van der Waals surface area contributed by atoms with Crippen molar-refractivity contribution in [3.63, 3.8) is 0 Å². The first-order valence-electron chi connectivity index (χ1n) is 5.02. The lowest BCUT2D eigenvalue weighted by atomic mass is 9.87. The van der Waals surface area contributed by atoms with Crippen molar-refractivity contribution in [2.75, 3.05) is 0 Å². The van der Waals surface area contributed by atoms with Crippen molar-refractivity contribution in [1.29, 1.82) is 0 Å². The van der Waals surface area contributed by atoms with Gasteiger partial charge in [0.1, 0.15) is 6.61 Å². The van der Waals surface area contributed by atoms with Crippen molar-refractivity contribution in [2.45, 2.75) is 26.0 Å². The molecule has 94 valence electrons. The number of nitrogens with two attached hydrogens (primary N) is 2. The van der Waals surface area contributed by atoms with E-state index in [-0.39, 0.29) is 6.61 Å².